The van der Waals surface area contributed by atoms with E-state index in [0.717, 1.165) is 4.90 Å². The second-order valence-electron chi connectivity index (χ2n) is 4.84. The van der Waals surface area contributed by atoms with E-state index < -0.39 is 0 Å². The van der Waals surface area contributed by atoms with Crippen molar-refractivity contribution in [3.63, 3.8) is 0 Å². The number of nitrogens with one attached hydrogen (secondary N) is 1. The topological polar surface area (TPSA) is 92.5 Å². The Kier molecular flexibility index (Phi) is 4.14. The van der Waals surface area contributed by atoms with Crippen LogP contribution in [0.3, 0.4) is 0 Å². The molecule has 1 aliphatic heterocycles. The van der Waals surface area contributed by atoms with Gasteiger partial charge in [0.15, 0.2) is 0 Å². The van der Waals surface area contributed by atoms with Crippen molar-refractivity contribution < 1.29 is 14.4 Å². The van der Waals surface area contributed by atoms with Crippen molar-refractivity contribution >= 4 is 17.7 Å². The maximum Gasteiger partial charge on any atom is 0.261 e. The molecule has 0 spiro atoms. The quantitative estimate of drug-likeness (QED) is 0.747. The van der Waals surface area contributed by atoms with Gasteiger partial charge in [-0.05, 0) is 19.1 Å². The van der Waals surface area contributed by atoms with E-state index >= 15 is 0 Å². The molecule has 1 unspecified atom stereocenters. The molecule has 1 aromatic carbocycles. The summed E-state index contributed by atoms with van der Waals surface area (Å²) in [6.07, 6.45) is 0.224. The van der Waals surface area contributed by atoms with Gasteiger partial charge in [-0.1, -0.05) is 12.1 Å². The third-order valence-corrected chi connectivity index (χ3v) is 3.04. The number of amides is 3. The maximum atomic E-state index is 12.0. The van der Waals surface area contributed by atoms with Gasteiger partial charge in [0.2, 0.25) is 5.91 Å². The van der Waals surface area contributed by atoms with Crippen molar-refractivity contribution in [1.82, 2.24) is 10.2 Å². The fourth-order valence-corrected chi connectivity index (χ4v) is 2.11. The van der Waals surface area contributed by atoms with Gasteiger partial charge in [0.1, 0.15) is 0 Å². The summed E-state index contributed by atoms with van der Waals surface area (Å²) in [5, 5.41) is 2.64. The van der Waals surface area contributed by atoms with Gasteiger partial charge >= 0.3 is 0 Å². The van der Waals surface area contributed by atoms with Crippen LogP contribution in [-0.4, -0.2) is 41.8 Å². The van der Waals surface area contributed by atoms with Crippen LogP contribution in [0.5, 0.6) is 0 Å². The summed E-state index contributed by atoms with van der Waals surface area (Å²) >= 11 is 0. The Morgan fingerprint density at radius 3 is 2.30 bits per heavy atom. The minimum absolute atomic E-state index is 0.164. The van der Waals surface area contributed by atoms with Crippen LogP contribution in [0.25, 0.3) is 0 Å². The number of benzene rings is 1. The standard InChI is InChI=1S/C14H17N3O3/c1-9(15)8-12(18)16-6-7-17-13(19)10-4-2-3-5-11(10)14(17)20/h2-5,9H,6-8,15H2,1H3,(H,16,18). The summed E-state index contributed by atoms with van der Waals surface area (Å²) in [6, 6.07) is 6.49. The zero-order valence-corrected chi connectivity index (χ0v) is 11.3. The third kappa shape index (κ3) is 2.85. The highest BCUT2D eigenvalue weighted by Gasteiger charge is 2.34. The molecule has 1 heterocycles. The SMILES string of the molecule is CC(N)CC(=O)NCCN1C(=O)c2ccccc2C1=O. The highest BCUT2D eigenvalue weighted by atomic mass is 16.2. The Morgan fingerprint density at radius 2 is 1.80 bits per heavy atom. The molecule has 0 fully saturated rings. The first kappa shape index (κ1) is 14.2. The molecule has 0 aliphatic carbocycles. The lowest BCUT2D eigenvalue weighted by Crippen LogP contribution is -2.39. The minimum atomic E-state index is -0.313. The molecule has 20 heavy (non-hydrogen) atoms. The van der Waals surface area contributed by atoms with Crippen molar-refractivity contribution in [2.75, 3.05) is 13.1 Å². The van der Waals surface area contributed by atoms with Crippen LogP contribution in [0.4, 0.5) is 0 Å². The van der Waals surface area contributed by atoms with Crippen molar-refractivity contribution in [2.45, 2.75) is 19.4 Å². The lowest BCUT2D eigenvalue weighted by Gasteiger charge is -2.14. The zero-order chi connectivity index (χ0) is 14.7. The van der Waals surface area contributed by atoms with Gasteiger partial charge in [0, 0.05) is 25.6 Å². The van der Waals surface area contributed by atoms with Crippen molar-refractivity contribution in [3.05, 3.63) is 35.4 Å². The number of hydrogen-bond acceptors (Lipinski definition) is 4. The molecule has 106 valence electrons. The molecule has 6 heteroatoms. The fourth-order valence-electron chi connectivity index (χ4n) is 2.11. The number of carbonyl (C=O) groups is 3. The molecule has 1 aliphatic rings. The maximum absolute atomic E-state index is 12.0. The predicted octanol–water partition coefficient (Wildman–Crippen LogP) is 0.136. The summed E-state index contributed by atoms with van der Waals surface area (Å²) in [7, 11) is 0. The molecule has 1 atom stereocenters. The Morgan fingerprint density at radius 1 is 1.25 bits per heavy atom. The molecule has 6 nitrogen and oxygen atoms in total. The van der Waals surface area contributed by atoms with Crippen LogP contribution in [0, 0.1) is 0 Å². The van der Waals surface area contributed by atoms with Gasteiger partial charge in [-0.25, -0.2) is 0 Å². The molecule has 0 radical (unpaired) electrons. The number of nitrogens with zero attached hydrogens (tertiary/aromatic N) is 1. The second-order valence-corrected chi connectivity index (χ2v) is 4.84. The normalized spacial score (nSPS) is 15.2. The average molecular weight is 275 g/mol. The summed E-state index contributed by atoms with van der Waals surface area (Å²) in [4.78, 5) is 36.6. The highest BCUT2D eigenvalue weighted by Crippen LogP contribution is 2.21. The summed E-state index contributed by atoms with van der Waals surface area (Å²) in [5.74, 6) is -0.810. The first-order valence-corrected chi connectivity index (χ1v) is 6.48. The Labute approximate surface area is 116 Å². The first-order valence-electron chi connectivity index (χ1n) is 6.48. The van der Waals surface area contributed by atoms with E-state index in [1.165, 1.54) is 0 Å². The fraction of sp³-hybridized carbons (Fsp3) is 0.357. The molecule has 1 aromatic rings. The van der Waals surface area contributed by atoms with Crippen LogP contribution >= 0.6 is 0 Å². The monoisotopic (exact) mass is 275 g/mol. The molecule has 2 rings (SSSR count). The first-order chi connectivity index (χ1) is 9.50. The lowest BCUT2D eigenvalue weighted by molar-refractivity contribution is -0.121. The van der Waals surface area contributed by atoms with Gasteiger partial charge in [-0.2, -0.15) is 0 Å². The van der Waals surface area contributed by atoms with Gasteiger partial charge in [-0.15, -0.1) is 0 Å². The van der Waals surface area contributed by atoms with Gasteiger partial charge < -0.3 is 11.1 Å². The van der Waals surface area contributed by atoms with Gasteiger partial charge in [0.05, 0.1) is 11.1 Å². The van der Waals surface area contributed by atoms with E-state index in [0.29, 0.717) is 11.1 Å². The Hall–Kier alpha value is -2.21. The van der Waals surface area contributed by atoms with Crippen LogP contribution in [0.15, 0.2) is 24.3 Å². The molecule has 0 saturated heterocycles. The number of imide groups is 1. The molecular weight excluding hydrogens is 258 g/mol. The number of hydrogen-bond donors (Lipinski definition) is 2. The molecular formula is C14H17N3O3. The predicted molar refractivity (Wildman–Crippen MR) is 73.1 cm³/mol. The van der Waals surface area contributed by atoms with Crippen molar-refractivity contribution in [1.29, 1.82) is 0 Å². The van der Waals surface area contributed by atoms with Crippen LogP contribution in [0.2, 0.25) is 0 Å². The number of carbonyl (C=O) groups excluding carboxylic acids is 3. The molecule has 0 saturated carbocycles. The molecule has 3 amide bonds. The summed E-state index contributed by atoms with van der Waals surface area (Å²) < 4.78 is 0. The smallest absolute Gasteiger partial charge is 0.261 e. The van der Waals surface area contributed by atoms with E-state index in [9.17, 15) is 14.4 Å². The summed E-state index contributed by atoms with van der Waals surface area (Å²) in [6.45, 7) is 2.14. The minimum Gasteiger partial charge on any atom is -0.354 e. The number of rotatable bonds is 5. The van der Waals surface area contributed by atoms with Crippen LogP contribution in [-0.2, 0) is 4.79 Å². The third-order valence-electron chi connectivity index (χ3n) is 3.04. The van der Waals surface area contributed by atoms with Gasteiger partial charge in [-0.3, -0.25) is 19.3 Å². The largest absolute Gasteiger partial charge is 0.354 e. The molecule has 3 N–H and O–H groups in total. The van der Waals surface area contributed by atoms with E-state index in [1.807, 2.05) is 0 Å². The average Bonchev–Trinajstić information content (AvgIpc) is 2.63. The van der Waals surface area contributed by atoms with Crippen molar-refractivity contribution in [2.24, 2.45) is 5.73 Å². The second kappa shape index (κ2) is 5.83. The van der Waals surface area contributed by atoms with Crippen LogP contribution in [0.1, 0.15) is 34.1 Å². The van der Waals surface area contributed by atoms with Crippen LogP contribution < -0.4 is 11.1 Å². The lowest BCUT2D eigenvalue weighted by atomic mass is 10.1. The Bertz CT molecular complexity index is 519. The molecule has 0 bridgehead atoms. The summed E-state index contributed by atoms with van der Waals surface area (Å²) in [5.41, 5.74) is 6.34. The van der Waals surface area contributed by atoms with E-state index in [2.05, 4.69) is 5.32 Å². The Balaban J connectivity index is 1.91. The number of fused-ring (bicyclic) bond motifs is 1. The number of nitrogens with two attached hydrogens (primary N) is 1. The highest BCUT2D eigenvalue weighted by molar-refractivity contribution is 6.21. The van der Waals surface area contributed by atoms with E-state index in [-0.39, 0.29) is 43.3 Å². The molecule has 0 aromatic heterocycles. The van der Waals surface area contributed by atoms with E-state index in [4.69, 9.17) is 5.73 Å². The van der Waals surface area contributed by atoms with Crippen molar-refractivity contribution in [3.8, 4) is 0 Å². The van der Waals surface area contributed by atoms with Gasteiger partial charge in [0.25, 0.3) is 11.8 Å². The van der Waals surface area contributed by atoms with E-state index in [1.54, 1.807) is 31.2 Å². The zero-order valence-electron chi connectivity index (χ0n) is 11.3.